The number of aliphatic hydroxyl groups is 1. The van der Waals surface area contributed by atoms with E-state index in [4.69, 9.17) is 0 Å². The van der Waals surface area contributed by atoms with Crippen molar-refractivity contribution in [1.82, 2.24) is 15.3 Å². The third-order valence-electron chi connectivity index (χ3n) is 5.46. The van der Waals surface area contributed by atoms with E-state index in [1.807, 2.05) is 13.8 Å². The van der Waals surface area contributed by atoms with E-state index in [1.54, 1.807) is 12.5 Å². The van der Waals surface area contributed by atoms with Crippen molar-refractivity contribution in [3.05, 3.63) is 18.2 Å². The van der Waals surface area contributed by atoms with Gasteiger partial charge in [0.1, 0.15) is 0 Å². The molecule has 1 aromatic rings. The van der Waals surface area contributed by atoms with E-state index in [2.05, 4.69) is 36.1 Å². The van der Waals surface area contributed by atoms with E-state index in [1.165, 1.54) is 0 Å². The zero-order chi connectivity index (χ0) is 17.3. The summed E-state index contributed by atoms with van der Waals surface area (Å²) < 4.78 is 0. The summed E-state index contributed by atoms with van der Waals surface area (Å²) in [6.45, 7) is 10.8. The first-order chi connectivity index (χ1) is 10.5. The molecule has 130 valence electrons. The first kappa shape index (κ1) is 18.0. The molecule has 3 N–H and O–H groups in total. The van der Waals surface area contributed by atoms with Gasteiger partial charge in [-0.2, -0.15) is 0 Å². The average Bonchev–Trinajstić information content (AvgIpc) is 2.99. The monoisotopic (exact) mass is 321 g/mol. The predicted molar refractivity (Wildman–Crippen MR) is 91.0 cm³/mol. The van der Waals surface area contributed by atoms with Crippen molar-refractivity contribution < 1.29 is 9.90 Å². The first-order valence-electron chi connectivity index (χ1n) is 8.54. The van der Waals surface area contributed by atoms with E-state index in [9.17, 15) is 9.90 Å². The van der Waals surface area contributed by atoms with Gasteiger partial charge in [-0.05, 0) is 50.9 Å². The van der Waals surface area contributed by atoms with Crippen molar-refractivity contribution in [2.24, 2.45) is 11.3 Å². The van der Waals surface area contributed by atoms with Crippen LogP contribution in [0.4, 0.5) is 0 Å². The van der Waals surface area contributed by atoms with E-state index >= 15 is 0 Å². The molecule has 0 spiro atoms. The Balaban J connectivity index is 1.90. The van der Waals surface area contributed by atoms with Crippen LogP contribution in [-0.2, 0) is 10.2 Å². The maximum Gasteiger partial charge on any atom is 0.231 e. The van der Waals surface area contributed by atoms with Crippen LogP contribution in [-0.4, -0.2) is 33.1 Å². The largest absolute Gasteiger partial charge is 0.388 e. The second-order valence-electron chi connectivity index (χ2n) is 8.64. The third-order valence-corrected chi connectivity index (χ3v) is 5.46. The van der Waals surface area contributed by atoms with E-state index < -0.39 is 11.0 Å². The summed E-state index contributed by atoms with van der Waals surface area (Å²) in [4.78, 5) is 19.5. The number of nitrogens with zero attached hydrogens (tertiary/aromatic N) is 1. The van der Waals surface area contributed by atoms with Crippen LogP contribution in [0.5, 0.6) is 0 Å². The number of amides is 1. The molecule has 0 saturated heterocycles. The molecule has 0 aromatic carbocycles. The second kappa shape index (κ2) is 6.27. The van der Waals surface area contributed by atoms with Crippen molar-refractivity contribution >= 4 is 5.91 Å². The fraction of sp³-hybridized carbons (Fsp3) is 0.778. The highest BCUT2D eigenvalue weighted by Crippen LogP contribution is 2.41. The fourth-order valence-corrected chi connectivity index (χ4v) is 3.38. The van der Waals surface area contributed by atoms with Crippen LogP contribution in [0, 0.1) is 11.3 Å². The molecular weight excluding hydrogens is 290 g/mol. The number of carbonyl (C=O) groups is 1. The Labute approximate surface area is 139 Å². The lowest BCUT2D eigenvalue weighted by Gasteiger charge is -2.41. The molecule has 23 heavy (non-hydrogen) atoms. The van der Waals surface area contributed by atoms with Crippen LogP contribution in [0.3, 0.4) is 0 Å². The molecule has 0 aliphatic heterocycles. The molecule has 1 aromatic heterocycles. The smallest absolute Gasteiger partial charge is 0.231 e. The minimum Gasteiger partial charge on any atom is -0.388 e. The molecule has 1 fully saturated rings. The van der Waals surface area contributed by atoms with Crippen molar-refractivity contribution in [3.8, 4) is 0 Å². The molecule has 1 heterocycles. The van der Waals surface area contributed by atoms with Crippen molar-refractivity contribution in [2.75, 3.05) is 6.54 Å². The van der Waals surface area contributed by atoms with Gasteiger partial charge in [-0.1, -0.05) is 20.8 Å². The second-order valence-corrected chi connectivity index (χ2v) is 8.64. The summed E-state index contributed by atoms with van der Waals surface area (Å²) in [5.41, 5.74) is -0.400. The van der Waals surface area contributed by atoms with Gasteiger partial charge in [0.2, 0.25) is 5.91 Å². The lowest BCUT2D eigenvalue weighted by molar-refractivity contribution is -0.127. The highest BCUT2D eigenvalue weighted by Gasteiger charge is 2.39. The topological polar surface area (TPSA) is 78.0 Å². The summed E-state index contributed by atoms with van der Waals surface area (Å²) in [6.07, 6.45) is 6.77. The van der Waals surface area contributed by atoms with Crippen LogP contribution in [0.15, 0.2) is 12.5 Å². The maximum absolute atomic E-state index is 12.5. The SMILES string of the molecule is CC(C)(C(=O)NCC1(O)CCC(C(C)(C)C)CC1)c1cnc[nH]1. The van der Waals surface area contributed by atoms with Gasteiger partial charge in [0.15, 0.2) is 0 Å². The lowest BCUT2D eigenvalue weighted by atomic mass is 9.68. The first-order valence-corrected chi connectivity index (χ1v) is 8.54. The van der Waals surface area contributed by atoms with Gasteiger partial charge >= 0.3 is 0 Å². The van der Waals surface area contributed by atoms with Crippen LogP contribution in [0.25, 0.3) is 0 Å². The van der Waals surface area contributed by atoms with Gasteiger partial charge in [-0.25, -0.2) is 4.98 Å². The molecule has 5 heteroatoms. The van der Waals surface area contributed by atoms with E-state index in [0.29, 0.717) is 12.5 Å². The van der Waals surface area contributed by atoms with Gasteiger partial charge in [0.25, 0.3) is 0 Å². The number of hydrogen-bond acceptors (Lipinski definition) is 3. The van der Waals surface area contributed by atoms with Crippen LogP contribution in [0.2, 0.25) is 0 Å². The van der Waals surface area contributed by atoms with E-state index in [-0.39, 0.29) is 11.3 Å². The molecule has 0 bridgehead atoms. The number of aromatic amines is 1. The average molecular weight is 321 g/mol. The molecule has 1 aliphatic carbocycles. The predicted octanol–water partition coefficient (Wildman–Crippen LogP) is 2.77. The summed E-state index contributed by atoms with van der Waals surface area (Å²) in [6, 6.07) is 0. The number of imidazole rings is 1. The molecular formula is C18H31N3O2. The fourth-order valence-electron chi connectivity index (χ4n) is 3.38. The number of H-pyrrole nitrogens is 1. The molecule has 0 radical (unpaired) electrons. The lowest BCUT2D eigenvalue weighted by Crippen LogP contribution is -2.50. The third kappa shape index (κ3) is 4.14. The number of aromatic nitrogens is 2. The van der Waals surface area contributed by atoms with Crippen molar-refractivity contribution in [2.45, 2.75) is 71.3 Å². The Morgan fingerprint density at radius 3 is 2.43 bits per heavy atom. The van der Waals surface area contributed by atoms with Gasteiger partial charge in [0, 0.05) is 18.4 Å². The highest BCUT2D eigenvalue weighted by molar-refractivity contribution is 5.86. The minimum absolute atomic E-state index is 0.0897. The van der Waals surface area contributed by atoms with Gasteiger partial charge in [-0.15, -0.1) is 0 Å². The Bertz CT molecular complexity index is 521. The Morgan fingerprint density at radius 1 is 1.35 bits per heavy atom. The normalized spacial score (nSPS) is 26.1. The zero-order valence-corrected chi connectivity index (χ0v) is 15.1. The molecule has 2 rings (SSSR count). The zero-order valence-electron chi connectivity index (χ0n) is 15.1. The Morgan fingerprint density at radius 2 is 1.96 bits per heavy atom. The number of carbonyl (C=O) groups excluding carboxylic acids is 1. The quantitative estimate of drug-likeness (QED) is 0.798. The van der Waals surface area contributed by atoms with Crippen LogP contribution >= 0.6 is 0 Å². The van der Waals surface area contributed by atoms with Crippen LogP contribution < -0.4 is 5.32 Å². The molecule has 1 saturated carbocycles. The van der Waals surface area contributed by atoms with Crippen molar-refractivity contribution in [1.29, 1.82) is 0 Å². The summed E-state index contributed by atoms with van der Waals surface area (Å²) in [5, 5.41) is 13.7. The Hall–Kier alpha value is -1.36. The molecule has 0 unspecified atom stereocenters. The minimum atomic E-state index is -0.776. The number of nitrogens with one attached hydrogen (secondary N) is 2. The van der Waals surface area contributed by atoms with Gasteiger partial charge in [-0.3, -0.25) is 4.79 Å². The number of rotatable bonds is 4. The van der Waals surface area contributed by atoms with Crippen molar-refractivity contribution in [3.63, 3.8) is 0 Å². The van der Waals surface area contributed by atoms with Gasteiger partial charge in [0.05, 0.1) is 17.3 Å². The van der Waals surface area contributed by atoms with Crippen LogP contribution in [0.1, 0.15) is 66.0 Å². The molecule has 5 nitrogen and oxygen atoms in total. The maximum atomic E-state index is 12.5. The standard InChI is InChI=1S/C18H31N3O2/c1-16(2,3)13-6-8-18(23,9-7-13)11-20-15(22)17(4,5)14-10-19-12-21-14/h10,12-13,23H,6-9,11H2,1-5H3,(H,19,21)(H,20,22). The molecule has 1 amide bonds. The summed E-state index contributed by atoms with van der Waals surface area (Å²) >= 11 is 0. The van der Waals surface area contributed by atoms with Gasteiger partial charge < -0.3 is 15.4 Å². The van der Waals surface area contributed by atoms with E-state index in [0.717, 1.165) is 31.4 Å². The highest BCUT2D eigenvalue weighted by atomic mass is 16.3. The number of hydrogen-bond donors (Lipinski definition) is 3. The Kier molecular flexibility index (Phi) is 4.90. The summed E-state index contributed by atoms with van der Waals surface area (Å²) in [5.74, 6) is 0.549. The summed E-state index contributed by atoms with van der Waals surface area (Å²) in [7, 11) is 0. The molecule has 1 aliphatic rings. The molecule has 0 atom stereocenters.